The summed E-state index contributed by atoms with van der Waals surface area (Å²) in [6.45, 7) is 0.439. The Bertz CT molecular complexity index is 531. The van der Waals surface area contributed by atoms with Crippen LogP contribution in [0.5, 0.6) is 5.75 Å². The van der Waals surface area contributed by atoms with Gasteiger partial charge in [-0.2, -0.15) is 0 Å². The second kappa shape index (κ2) is 7.01. The Labute approximate surface area is 117 Å². The van der Waals surface area contributed by atoms with E-state index in [9.17, 15) is 8.78 Å². The molecule has 1 atom stereocenters. The van der Waals surface area contributed by atoms with Crippen molar-refractivity contribution >= 4 is 0 Å². The molecule has 106 valence electrons. The Morgan fingerprint density at radius 1 is 1.00 bits per heavy atom. The van der Waals surface area contributed by atoms with Crippen LogP contribution in [0.2, 0.25) is 0 Å². The molecule has 2 nitrogen and oxygen atoms in total. The average molecular weight is 277 g/mol. The molecule has 0 aromatic heterocycles. The lowest BCUT2D eigenvalue weighted by molar-refractivity contribution is 0.128. The number of alkyl halides is 2. The highest BCUT2D eigenvalue weighted by atomic mass is 19.3. The molecule has 2 N–H and O–H groups in total. The number of ether oxygens (including phenoxy) is 1. The van der Waals surface area contributed by atoms with E-state index >= 15 is 0 Å². The number of nitrogens with two attached hydrogens (primary N) is 1. The van der Waals surface area contributed by atoms with Gasteiger partial charge in [0.15, 0.2) is 0 Å². The molecule has 20 heavy (non-hydrogen) atoms. The lowest BCUT2D eigenvalue weighted by atomic mass is 10.0. The van der Waals surface area contributed by atoms with E-state index in [4.69, 9.17) is 10.5 Å². The molecular formula is C16H17F2NO. The van der Waals surface area contributed by atoms with Crippen LogP contribution in [0.1, 0.15) is 23.6 Å². The molecule has 4 heteroatoms. The SMILES string of the molecule is N[C@H](CC(F)F)c1cccc(OCc2ccccc2)c1. The fraction of sp³-hybridized carbons (Fsp3) is 0.250. The maximum atomic E-state index is 12.3. The minimum Gasteiger partial charge on any atom is -0.489 e. The molecule has 2 aromatic carbocycles. The second-order valence-electron chi connectivity index (χ2n) is 4.58. The van der Waals surface area contributed by atoms with Gasteiger partial charge < -0.3 is 10.5 Å². The van der Waals surface area contributed by atoms with E-state index in [0.29, 0.717) is 17.9 Å². The van der Waals surface area contributed by atoms with Crippen LogP contribution in [-0.2, 0) is 6.61 Å². The minimum absolute atomic E-state index is 0.345. The van der Waals surface area contributed by atoms with Gasteiger partial charge in [-0.1, -0.05) is 42.5 Å². The number of hydrogen-bond donors (Lipinski definition) is 1. The highest BCUT2D eigenvalue weighted by Crippen LogP contribution is 2.22. The van der Waals surface area contributed by atoms with Crippen LogP contribution in [0.3, 0.4) is 0 Å². The standard InChI is InChI=1S/C16H17F2NO/c17-16(18)10-15(19)13-7-4-8-14(9-13)20-11-12-5-2-1-3-6-12/h1-9,15-16H,10-11,19H2/t15-/m1/s1. The van der Waals surface area contributed by atoms with Gasteiger partial charge in [-0.3, -0.25) is 0 Å². The maximum Gasteiger partial charge on any atom is 0.240 e. The zero-order valence-electron chi connectivity index (χ0n) is 11.0. The zero-order valence-corrected chi connectivity index (χ0v) is 11.0. The molecule has 0 unspecified atom stereocenters. The first-order chi connectivity index (χ1) is 9.65. The van der Waals surface area contributed by atoms with E-state index in [1.165, 1.54) is 0 Å². The summed E-state index contributed by atoms with van der Waals surface area (Å²) in [5.41, 5.74) is 7.45. The highest BCUT2D eigenvalue weighted by molar-refractivity contribution is 5.30. The molecule has 2 rings (SSSR count). The summed E-state index contributed by atoms with van der Waals surface area (Å²) in [7, 11) is 0. The van der Waals surface area contributed by atoms with Crippen molar-refractivity contribution in [3.05, 3.63) is 65.7 Å². The Balaban J connectivity index is 1.99. The van der Waals surface area contributed by atoms with Crippen molar-refractivity contribution in [2.45, 2.75) is 25.5 Å². The first-order valence-electron chi connectivity index (χ1n) is 6.45. The van der Waals surface area contributed by atoms with E-state index in [2.05, 4.69) is 0 Å². The van der Waals surface area contributed by atoms with Crippen LogP contribution in [0.15, 0.2) is 54.6 Å². The van der Waals surface area contributed by atoms with Crippen LogP contribution in [0, 0.1) is 0 Å². The fourth-order valence-electron chi connectivity index (χ4n) is 1.90. The average Bonchev–Trinajstić information content (AvgIpc) is 2.46. The molecule has 0 saturated heterocycles. The van der Waals surface area contributed by atoms with Gasteiger partial charge in [0, 0.05) is 12.5 Å². The first kappa shape index (κ1) is 14.5. The topological polar surface area (TPSA) is 35.2 Å². The summed E-state index contributed by atoms with van der Waals surface area (Å²) in [5, 5.41) is 0. The molecule has 0 aliphatic rings. The number of rotatable bonds is 6. The van der Waals surface area contributed by atoms with Gasteiger partial charge in [0.05, 0.1) is 0 Å². The summed E-state index contributed by atoms with van der Waals surface area (Å²) in [6, 6.07) is 16.1. The predicted molar refractivity (Wildman–Crippen MR) is 74.8 cm³/mol. The molecular weight excluding hydrogens is 260 g/mol. The zero-order chi connectivity index (χ0) is 14.4. The van der Waals surface area contributed by atoms with Crippen molar-refractivity contribution in [3.63, 3.8) is 0 Å². The molecule has 0 heterocycles. The second-order valence-corrected chi connectivity index (χ2v) is 4.58. The minimum atomic E-state index is -2.40. The van der Waals surface area contributed by atoms with E-state index < -0.39 is 12.5 Å². The maximum absolute atomic E-state index is 12.3. The smallest absolute Gasteiger partial charge is 0.240 e. The van der Waals surface area contributed by atoms with Crippen molar-refractivity contribution in [1.29, 1.82) is 0 Å². The Morgan fingerprint density at radius 2 is 1.75 bits per heavy atom. The van der Waals surface area contributed by atoms with Crippen LogP contribution >= 0.6 is 0 Å². The van der Waals surface area contributed by atoms with Crippen molar-refractivity contribution in [2.75, 3.05) is 0 Å². The lowest BCUT2D eigenvalue weighted by Crippen LogP contribution is -2.14. The third-order valence-electron chi connectivity index (χ3n) is 2.97. The quantitative estimate of drug-likeness (QED) is 0.868. The molecule has 2 aromatic rings. The third-order valence-corrected chi connectivity index (χ3v) is 2.97. The molecule has 0 saturated carbocycles. The van der Waals surface area contributed by atoms with E-state index in [0.717, 1.165) is 5.56 Å². The van der Waals surface area contributed by atoms with Crippen molar-refractivity contribution in [1.82, 2.24) is 0 Å². The van der Waals surface area contributed by atoms with Gasteiger partial charge >= 0.3 is 0 Å². The predicted octanol–water partition coefficient (Wildman–Crippen LogP) is 3.92. The van der Waals surface area contributed by atoms with Gasteiger partial charge in [0.2, 0.25) is 6.43 Å². The van der Waals surface area contributed by atoms with E-state index in [1.807, 2.05) is 30.3 Å². The summed E-state index contributed by atoms with van der Waals surface area (Å²) in [6.07, 6.45) is -2.75. The molecule has 0 fully saturated rings. The first-order valence-corrected chi connectivity index (χ1v) is 6.45. The van der Waals surface area contributed by atoms with Crippen molar-refractivity contribution in [3.8, 4) is 5.75 Å². The molecule has 0 amide bonds. The van der Waals surface area contributed by atoms with Crippen LogP contribution in [-0.4, -0.2) is 6.43 Å². The van der Waals surface area contributed by atoms with Gasteiger partial charge in [-0.25, -0.2) is 8.78 Å². The molecule has 0 aliphatic heterocycles. The van der Waals surface area contributed by atoms with Crippen LogP contribution < -0.4 is 10.5 Å². The van der Waals surface area contributed by atoms with Crippen molar-refractivity contribution in [2.24, 2.45) is 5.73 Å². The highest BCUT2D eigenvalue weighted by Gasteiger charge is 2.13. The van der Waals surface area contributed by atoms with Gasteiger partial charge in [0.25, 0.3) is 0 Å². The number of hydrogen-bond acceptors (Lipinski definition) is 2. The fourth-order valence-corrected chi connectivity index (χ4v) is 1.90. The largest absolute Gasteiger partial charge is 0.489 e. The Kier molecular flexibility index (Phi) is 5.07. The number of halogens is 2. The van der Waals surface area contributed by atoms with Crippen LogP contribution in [0.25, 0.3) is 0 Å². The van der Waals surface area contributed by atoms with Crippen molar-refractivity contribution < 1.29 is 13.5 Å². The Morgan fingerprint density at radius 3 is 2.45 bits per heavy atom. The molecule has 0 aliphatic carbocycles. The van der Waals surface area contributed by atoms with Gasteiger partial charge in [0.1, 0.15) is 12.4 Å². The van der Waals surface area contributed by atoms with Crippen LogP contribution in [0.4, 0.5) is 8.78 Å². The molecule has 0 spiro atoms. The normalized spacial score (nSPS) is 12.4. The Hall–Kier alpha value is -1.94. The summed E-state index contributed by atoms with van der Waals surface area (Å²) in [4.78, 5) is 0. The summed E-state index contributed by atoms with van der Waals surface area (Å²) >= 11 is 0. The van der Waals surface area contributed by atoms with Gasteiger partial charge in [-0.15, -0.1) is 0 Å². The summed E-state index contributed by atoms with van der Waals surface area (Å²) < 4.78 is 30.3. The summed E-state index contributed by atoms with van der Waals surface area (Å²) in [5.74, 6) is 0.635. The van der Waals surface area contributed by atoms with Gasteiger partial charge in [-0.05, 0) is 23.3 Å². The lowest BCUT2D eigenvalue weighted by Gasteiger charge is -2.13. The third kappa shape index (κ3) is 4.31. The number of benzene rings is 2. The van der Waals surface area contributed by atoms with E-state index in [-0.39, 0.29) is 6.42 Å². The van der Waals surface area contributed by atoms with E-state index in [1.54, 1.807) is 24.3 Å². The monoisotopic (exact) mass is 277 g/mol. The molecule has 0 radical (unpaired) electrons. The molecule has 0 bridgehead atoms.